The zero-order chi connectivity index (χ0) is 9.14. The van der Waals surface area contributed by atoms with E-state index in [0.29, 0.717) is 5.56 Å². The molecule has 1 rings (SSSR count). The Morgan fingerprint density at radius 1 is 1.58 bits per heavy atom. The van der Waals surface area contributed by atoms with Gasteiger partial charge in [0.1, 0.15) is 5.82 Å². The molecule has 1 aromatic carbocycles. The number of nitriles is 1. The summed E-state index contributed by atoms with van der Waals surface area (Å²) in [6.45, 7) is 0.0427. The van der Waals surface area contributed by atoms with Gasteiger partial charge in [0, 0.05) is 12.1 Å². The molecular weight excluding hydrogens is 179 g/mol. The highest BCUT2D eigenvalue weighted by Crippen LogP contribution is 2.19. The number of hydrogen-bond donors (Lipinski definition) is 1. The van der Waals surface area contributed by atoms with Crippen LogP contribution in [0.1, 0.15) is 11.1 Å². The van der Waals surface area contributed by atoms with Gasteiger partial charge in [0.25, 0.3) is 0 Å². The number of nitrogens with two attached hydrogens (primary N) is 1. The van der Waals surface area contributed by atoms with Gasteiger partial charge in [-0.25, -0.2) is 4.39 Å². The number of rotatable bonds is 1. The molecule has 12 heavy (non-hydrogen) atoms. The van der Waals surface area contributed by atoms with Crippen molar-refractivity contribution in [3.8, 4) is 6.07 Å². The third-order valence-corrected chi connectivity index (χ3v) is 1.73. The van der Waals surface area contributed by atoms with Crippen LogP contribution in [0.4, 0.5) is 4.39 Å². The van der Waals surface area contributed by atoms with Crippen LogP contribution in [0.3, 0.4) is 0 Å². The van der Waals surface area contributed by atoms with Gasteiger partial charge < -0.3 is 5.73 Å². The predicted molar refractivity (Wildman–Crippen MR) is 44.0 cm³/mol. The molecule has 0 saturated carbocycles. The van der Waals surface area contributed by atoms with Gasteiger partial charge in [-0.15, -0.1) is 0 Å². The first-order valence-corrected chi connectivity index (χ1v) is 3.65. The van der Waals surface area contributed by atoms with E-state index in [2.05, 4.69) is 0 Å². The Labute approximate surface area is 74.4 Å². The van der Waals surface area contributed by atoms with Gasteiger partial charge in [-0.3, -0.25) is 0 Å². The van der Waals surface area contributed by atoms with Crippen molar-refractivity contribution in [3.63, 3.8) is 0 Å². The van der Waals surface area contributed by atoms with Crippen LogP contribution in [0.15, 0.2) is 12.1 Å². The maximum absolute atomic E-state index is 13.0. The number of hydrogen-bond acceptors (Lipinski definition) is 2. The molecule has 0 atom stereocenters. The summed E-state index contributed by atoms with van der Waals surface area (Å²) in [5.41, 5.74) is 5.82. The Kier molecular flexibility index (Phi) is 2.64. The fourth-order valence-electron chi connectivity index (χ4n) is 0.859. The third-order valence-electron chi connectivity index (χ3n) is 1.45. The van der Waals surface area contributed by atoms with Crippen molar-refractivity contribution in [3.05, 3.63) is 34.1 Å². The molecule has 62 valence electrons. The van der Waals surface area contributed by atoms with Gasteiger partial charge in [0.2, 0.25) is 0 Å². The Bertz CT molecular complexity index is 344. The van der Waals surface area contributed by atoms with Crippen LogP contribution in [0.2, 0.25) is 5.02 Å². The summed E-state index contributed by atoms with van der Waals surface area (Å²) in [6, 6.07) is 4.53. The van der Waals surface area contributed by atoms with Crippen LogP contribution < -0.4 is 5.73 Å². The Morgan fingerprint density at radius 2 is 2.25 bits per heavy atom. The highest BCUT2D eigenvalue weighted by atomic mass is 35.5. The summed E-state index contributed by atoms with van der Waals surface area (Å²) in [7, 11) is 0. The number of halogens is 2. The molecule has 0 heterocycles. The fourth-order valence-corrected chi connectivity index (χ4v) is 1.10. The molecule has 2 N–H and O–H groups in total. The average Bonchev–Trinajstić information content (AvgIpc) is 2.09. The van der Waals surface area contributed by atoms with Crippen LogP contribution in [0, 0.1) is 17.1 Å². The zero-order valence-electron chi connectivity index (χ0n) is 6.14. The first-order chi connectivity index (χ1) is 5.69. The van der Waals surface area contributed by atoms with E-state index in [1.165, 1.54) is 12.1 Å². The molecule has 0 fully saturated rings. The van der Waals surface area contributed by atoms with Gasteiger partial charge in [0.05, 0.1) is 16.7 Å². The van der Waals surface area contributed by atoms with Crippen molar-refractivity contribution >= 4 is 11.6 Å². The van der Waals surface area contributed by atoms with Crippen molar-refractivity contribution in [2.24, 2.45) is 5.73 Å². The first-order valence-electron chi connectivity index (χ1n) is 3.27. The SMILES string of the molecule is N#Cc1cc(Cl)c(F)c(CN)c1. The summed E-state index contributed by atoms with van der Waals surface area (Å²) >= 11 is 5.49. The lowest BCUT2D eigenvalue weighted by Gasteiger charge is -2.01. The van der Waals surface area contributed by atoms with Crippen molar-refractivity contribution in [1.29, 1.82) is 5.26 Å². The standard InChI is InChI=1S/C8H6ClFN2/c9-7-2-5(3-11)1-6(4-12)8(7)10/h1-2H,4,12H2. The third kappa shape index (κ3) is 1.55. The second-order valence-corrected chi connectivity index (χ2v) is 2.65. The molecule has 0 unspecified atom stereocenters. The molecule has 0 aromatic heterocycles. The van der Waals surface area contributed by atoms with Crippen LogP contribution in [-0.4, -0.2) is 0 Å². The minimum Gasteiger partial charge on any atom is -0.326 e. The molecule has 2 nitrogen and oxygen atoms in total. The monoisotopic (exact) mass is 184 g/mol. The van der Waals surface area contributed by atoms with Crippen LogP contribution in [0.5, 0.6) is 0 Å². The average molecular weight is 185 g/mol. The van der Waals surface area contributed by atoms with E-state index in [4.69, 9.17) is 22.6 Å². The molecule has 0 aliphatic carbocycles. The van der Waals surface area contributed by atoms with E-state index in [1.54, 1.807) is 0 Å². The predicted octanol–water partition coefficient (Wildman–Crippen LogP) is 1.81. The first kappa shape index (κ1) is 8.98. The van der Waals surface area contributed by atoms with E-state index in [1.807, 2.05) is 6.07 Å². The molecule has 4 heteroatoms. The van der Waals surface area contributed by atoms with E-state index in [0.717, 1.165) is 0 Å². The van der Waals surface area contributed by atoms with E-state index < -0.39 is 5.82 Å². The van der Waals surface area contributed by atoms with Crippen molar-refractivity contribution < 1.29 is 4.39 Å². The van der Waals surface area contributed by atoms with Crippen molar-refractivity contribution in [1.82, 2.24) is 0 Å². The van der Waals surface area contributed by atoms with Gasteiger partial charge in [-0.05, 0) is 12.1 Å². The van der Waals surface area contributed by atoms with Gasteiger partial charge in [-0.2, -0.15) is 5.26 Å². The van der Waals surface area contributed by atoms with Crippen LogP contribution >= 0.6 is 11.6 Å². The lowest BCUT2D eigenvalue weighted by atomic mass is 10.1. The molecule has 0 saturated heterocycles. The summed E-state index contributed by atoms with van der Waals surface area (Å²) in [6.07, 6.45) is 0. The molecule has 0 radical (unpaired) electrons. The smallest absolute Gasteiger partial charge is 0.146 e. The summed E-state index contributed by atoms with van der Waals surface area (Å²) in [5, 5.41) is 8.44. The molecule has 0 aliphatic heterocycles. The molecule has 1 aromatic rings. The maximum atomic E-state index is 13.0. The van der Waals surface area contributed by atoms with Gasteiger partial charge in [0.15, 0.2) is 0 Å². The second-order valence-electron chi connectivity index (χ2n) is 2.25. The zero-order valence-corrected chi connectivity index (χ0v) is 6.90. The topological polar surface area (TPSA) is 49.8 Å². The van der Waals surface area contributed by atoms with Gasteiger partial charge >= 0.3 is 0 Å². The maximum Gasteiger partial charge on any atom is 0.146 e. The number of benzene rings is 1. The van der Waals surface area contributed by atoms with Crippen molar-refractivity contribution in [2.75, 3.05) is 0 Å². The normalized spacial score (nSPS) is 9.50. The summed E-state index contributed by atoms with van der Waals surface area (Å²) in [5.74, 6) is -0.543. The molecule has 0 aliphatic rings. The fraction of sp³-hybridized carbons (Fsp3) is 0.125. The lowest BCUT2D eigenvalue weighted by Crippen LogP contribution is -2.00. The van der Waals surface area contributed by atoms with E-state index >= 15 is 0 Å². The Hall–Kier alpha value is -1.11. The second kappa shape index (κ2) is 3.53. The highest BCUT2D eigenvalue weighted by Gasteiger charge is 2.07. The largest absolute Gasteiger partial charge is 0.326 e. The van der Waals surface area contributed by atoms with E-state index in [-0.39, 0.29) is 17.1 Å². The molecular formula is C8H6ClFN2. The summed E-state index contributed by atoms with van der Waals surface area (Å²) in [4.78, 5) is 0. The minimum absolute atomic E-state index is 0.0427. The van der Waals surface area contributed by atoms with E-state index in [9.17, 15) is 4.39 Å². The van der Waals surface area contributed by atoms with Crippen molar-refractivity contribution in [2.45, 2.75) is 6.54 Å². The minimum atomic E-state index is -0.543. The van der Waals surface area contributed by atoms with Crippen LogP contribution in [-0.2, 0) is 6.54 Å². The number of nitrogens with zero attached hydrogens (tertiary/aromatic N) is 1. The lowest BCUT2D eigenvalue weighted by molar-refractivity contribution is 0.611. The van der Waals surface area contributed by atoms with Crippen LogP contribution in [0.25, 0.3) is 0 Å². The van der Waals surface area contributed by atoms with Gasteiger partial charge in [-0.1, -0.05) is 11.6 Å². The quantitative estimate of drug-likeness (QED) is 0.724. The Morgan fingerprint density at radius 3 is 2.75 bits per heavy atom. The molecule has 0 spiro atoms. The molecule has 0 amide bonds. The summed E-state index contributed by atoms with van der Waals surface area (Å²) < 4.78 is 13.0. The Balaban J connectivity index is 3.31. The highest BCUT2D eigenvalue weighted by molar-refractivity contribution is 6.30. The molecule has 0 bridgehead atoms.